The molecule has 0 aromatic heterocycles. The van der Waals surface area contributed by atoms with Crippen LogP contribution in [-0.2, 0) is 4.74 Å². The summed E-state index contributed by atoms with van der Waals surface area (Å²) in [6.45, 7) is 0.444. The summed E-state index contributed by atoms with van der Waals surface area (Å²) >= 11 is 0. The van der Waals surface area contributed by atoms with Gasteiger partial charge in [0, 0.05) is 6.54 Å². The lowest BCUT2D eigenvalue weighted by molar-refractivity contribution is -0.0912. The third-order valence-corrected chi connectivity index (χ3v) is 3.18. The van der Waals surface area contributed by atoms with Crippen LogP contribution in [0.15, 0.2) is 0 Å². The summed E-state index contributed by atoms with van der Waals surface area (Å²) in [5.74, 6) is 0. The minimum Gasteiger partial charge on any atom is -0.394 e. The smallest absolute Gasteiger partial charge is 0.100 e. The maximum Gasteiger partial charge on any atom is 0.100 e. The number of hydrogen-bond acceptors (Lipinski definition) is 4. The van der Waals surface area contributed by atoms with E-state index in [4.69, 9.17) is 15.6 Å². The van der Waals surface area contributed by atoms with Crippen molar-refractivity contribution >= 4 is 0 Å². The normalized spacial score (nSPS) is 23.4. The molecule has 1 aliphatic carbocycles. The van der Waals surface area contributed by atoms with Crippen LogP contribution >= 0.6 is 0 Å². The molecule has 1 fully saturated rings. The monoisotopic (exact) mass is 217 g/mol. The first-order valence-electron chi connectivity index (χ1n) is 5.85. The van der Waals surface area contributed by atoms with Gasteiger partial charge in [-0.3, -0.25) is 0 Å². The summed E-state index contributed by atoms with van der Waals surface area (Å²) in [5.41, 5.74) is 5.51. The molecular weight excluding hydrogens is 194 g/mol. The highest BCUT2D eigenvalue weighted by Gasteiger charge is 2.30. The third kappa shape index (κ3) is 4.07. The summed E-state index contributed by atoms with van der Waals surface area (Å²) in [6.07, 6.45) is 5.94. The first-order chi connectivity index (χ1) is 7.22. The van der Waals surface area contributed by atoms with Gasteiger partial charge >= 0.3 is 0 Å². The fourth-order valence-corrected chi connectivity index (χ4v) is 2.11. The van der Waals surface area contributed by atoms with Gasteiger partial charge in [0.15, 0.2) is 0 Å². The molecule has 1 atom stereocenters. The number of rotatable bonds is 5. The van der Waals surface area contributed by atoms with Gasteiger partial charge in [-0.05, 0) is 12.8 Å². The minimum absolute atomic E-state index is 0.188. The maximum absolute atomic E-state index is 9.25. The molecule has 90 valence electrons. The first kappa shape index (κ1) is 12.9. The van der Waals surface area contributed by atoms with E-state index in [1.165, 1.54) is 12.8 Å². The molecule has 0 aliphatic heterocycles. The molecule has 15 heavy (non-hydrogen) atoms. The first-order valence-corrected chi connectivity index (χ1v) is 5.85. The predicted molar refractivity (Wildman–Crippen MR) is 58.5 cm³/mol. The molecule has 4 N–H and O–H groups in total. The Labute approximate surface area is 91.4 Å². The van der Waals surface area contributed by atoms with Crippen LogP contribution in [0, 0.1) is 0 Å². The molecule has 4 heteroatoms. The lowest BCUT2D eigenvalue weighted by atomic mass is 9.94. The molecule has 0 spiro atoms. The zero-order chi connectivity index (χ0) is 11.1. The molecule has 1 aliphatic rings. The minimum atomic E-state index is -0.781. The summed E-state index contributed by atoms with van der Waals surface area (Å²) in [6, 6.07) is 0. The Bertz CT molecular complexity index is 167. The second-order valence-electron chi connectivity index (χ2n) is 4.45. The largest absolute Gasteiger partial charge is 0.394 e. The van der Waals surface area contributed by atoms with Gasteiger partial charge in [0.1, 0.15) is 6.10 Å². The topological polar surface area (TPSA) is 75.7 Å². The summed E-state index contributed by atoms with van der Waals surface area (Å²) in [4.78, 5) is 0. The zero-order valence-electron chi connectivity index (χ0n) is 9.32. The van der Waals surface area contributed by atoms with Crippen molar-refractivity contribution in [1.82, 2.24) is 0 Å². The molecule has 0 aromatic rings. The van der Waals surface area contributed by atoms with Crippen molar-refractivity contribution in [3.05, 3.63) is 0 Å². The van der Waals surface area contributed by atoms with Crippen molar-refractivity contribution in [2.45, 2.75) is 50.2 Å². The third-order valence-electron chi connectivity index (χ3n) is 3.18. The molecule has 1 unspecified atom stereocenters. The average molecular weight is 217 g/mol. The van der Waals surface area contributed by atoms with Gasteiger partial charge in [0.2, 0.25) is 0 Å². The van der Waals surface area contributed by atoms with Crippen LogP contribution in [0.2, 0.25) is 0 Å². The number of nitrogens with two attached hydrogens (primary N) is 1. The molecule has 0 aromatic carbocycles. The van der Waals surface area contributed by atoms with Crippen LogP contribution in [0.1, 0.15) is 38.5 Å². The number of aliphatic hydroxyl groups excluding tert-OH is 2. The molecule has 0 bridgehead atoms. The van der Waals surface area contributed by atoms with Gasteiger partial charge in [-0.1, -0.05) is 25.7 Å². The van der Waals surface area contributed by atoms with Gasteiger partial charge in [0.05, 0.1) is 18.8 Å². The molecule has 0 heterocycles. The summed E-state index contributed by atoms with van der Waals surface area (Å²) in [5, 5.41) is 18.0. The molecule has 4 nitrogen and oxygen atoms in total. The fourth-order valence-electron chi connectivity index (χ4n) is 2.11. The van der Waals surface area contributed by atoms with E-state index >= 15 is 0 Å². The second-order valence-corrected chi connectivity index (χ2v) is 4.45. The quantitative estimate of drug-likeness (QED) is 0.583. The Morgan fingerprint density at radius 2 is 1.80 bits per heavy atom. The van der Waals surface area contributed by atoms with Crippen LogP contribution in [-0.4, -0.2) is 41.7 Å². The van der Waals surface area contributed by atoms with E-state index in [9.17, 15) is 5.11 Å². The zero-order valence-corrected chi connectivity index (χ0v) is 9.32. The Balaban J connectivity index is 2.43. The Hall–Kier alpha value is -0.160. The van der Waals surface area contributed by atoms with E-state index in [2.05, 4.69) is 0 Å². The van der Waals surface area contributed by atoms with E-state index < -0.39 is 6.10 Å². The highest BCUT2D eigenvalue weighted by atomic mass is 16.5. The van der Waals surface area contributed by atoms with Gasteiger partial charge in [-0.15, -0.1) is 0 Å². The van der Waals surface area contributed by atoms with Crippen LogP contribution in [0.25, 0.3) is 0 Å². The summed E-state index contributed by atoms with van der Waals surface area (Å²) < 4.78 is 5.72. The van der Waals surface area contributed by atoms with Gasteiger partial charge in [-0.25, -0.2) is 0 Å². The Kier molecular flexibility index (Phi) is 5.53. The number of hydrogen-bond donors (Lipinski definition) is 3. The Morgan fingerprint density at radius 1 is 1.20 bits per heavy atom. The van der Waals surface area contributed by atoms with Crippen LogP contribution in [0.5, 0.6) is 0 Å². The van der Waals surface area contributed by atoms with Crippen molar-refractivity contribution in [3.63, 3.8) is 0 Å². The van der Waals surface area contributed by atoms with Gasteiger partial charge in [0.25, 0.3) is 0 Å². The Morgan fingerprint density at radius 3 is 2.27 bits per heavy atom. The van der Waals surface area contributed by atoms with E-state index in [0.29, 0.717) is 6.54 Å². The van der Waals surface area contributed by atoms with E-state index in [1.807, 2.05) is 0 Å². The van der Waals surface area contributed by atoms with Crippen molar-refractivity contribution in [1.29, 1.82) is 0 Å². The van der Waals surface area contributed by atoms with E-state index in [-0.39, 0.29) is 18.8 Å². The number of aliphatic hydroxyl groups is 2. The maximum atomic E-state index is 9.25. The van der Waals surface area contributed by atoms with E-state index in [1.54, 1.807) is 0 Å². The lowest BCUT2D eigenvalue weighted by Gasteiger charge is -2.32. The molecule has 0 amide bonds. The van der Waals surface area contributed by atoms with Crippen molar-refractivity contribution in [2.24, 2.45) is 5.73 Å². The summed E-state index contributed by atoms with van der Waals surface area (Å²) in [7, 11) is 0. The van der Waals surface area contributed by atoms with Crippen LogP contribution in [0.4, 0.5) is 0 Å². The van der Waals surface area contributed by atoms with Crippen molar-refractivity contribution in [2.75, 3.05) is 19.8 Å². The van der Waals surface area contributed by atoms with Crippen molar-refractivity contribution in [3.8, 4) is 0 Å². The van der Waals surface area contributed by atoms with Gasteiger partial charge < -0.3 is 20.7 Å². The lowest BCUT2D eigenvalue weighted by Crippen LogP contribution is -2.42. The fraction of sp³-hybridized carbons (Fsp3) is 1.00. The highest BCUT2D eigenvalue weighted by molar-refractivity contribution is 4.84. The molecule has 0 radical (unpaired) electrons. The SMILES string of the molecule is NCC1(OCC(O)CO)CCCCCC1. The number of ether oxygens (including phenoxy) is 1. The second kappa shape index (κ2) is 6.43. The van der Waals surface area contributed by atoms with Gasteiger partial charge in [-0.2, -0.15) is 0 Å². The van der Waals surface area contributed by atoms with Crippen LogP contribution < -0.4 is 5.73 Å². The standard InChI is InChI=1S/C11H23NO3/c12-9-11(15-8-10(14)7-13)5-3-1-2-4-6-11/h10,13-14H,1-9,12H2. The van der Waals surface area contributed by atoms with Crippen LogP contribution in [0.3, 0.4) is 0 Å². The molecule has 1 saturated carbocycles. The predicted octanol–water partition coefficient (Wildman–Crippen LogP) is 0.408. The highest BCUT2D eigenvalue weighted by Crippen LogP contribution is 2.29. The molecule has 1 rings (SSSR count). The van der Waals surface area contributed by atoms with E-state index in [0.717, 1.165) is 25.7 Å². The average Bonchev–Trinajstić information content (AvgIpc) is 2.52. The molecule has 0 saturated heterocycles. The molecular formula is C11H23NO3. The van der Waals surface area contributed by atoms with Crippen molar-refractivity contribution < 1.29 is 14.9 Å².